The maximum absolute atomic E-state index is 11.1. The molecule has 15 heavy (non-hydrogen) atoms. The Labute approximate surface area is 90.6 Å². The maximum atomic E-state index is 11.1. The van der Waals surface area contributed by atoms with Gasteiger partial charge >= 0.3 is 5.97 Å². The lowest BCUT2D eigenvalue weighted by molar-refractivity contribution is -0.144. The molecule has 0 fully saturated rings. The summed E-state index contributed by atoms with van der Waals surface area (Å²) in [6.45, 7) is 5.99. The van der Waals surface area contributed by atoms with Crippen LogP contribution in [0.5, 0.6) is 0 Å². The molecule has 0 atom stereocenters. The molecule has 0 unspecified atom stereocenters. The first kappa shape index (κ1) is 11.5. The van der Waals surface area contributed by atoms with Crippen molar-refractivity contribution in [2.75, 3.05) is 0 Å². The van der Waals surface area contributed by atoms with E-state index in [1.807, 2.05) is 31.2 Å². The second-order valence-corrected chi connectivity index (χ2v) is 3.36. The van der Waals surface area contributed by atoms with Crippen molar-refractivity contribution >= 4 is 12.0 Å². The van der Waals surface area contributed by atoms with Crippen molar-refractivity contribution in [3.8, 4) is 0 Å². The summed E-state index contributed by atoms with van der Waals surface area (Å²) >= 11 is 0. The molecule has 0 radical (unpaired) electrons. The van der Waals surface area contributed by atoms with E-state index in [0.717, 1.165) is 17.5 Å². The second kappa shape index (κ2) is 6.02. The molecule has 2 nitrogen and oxygen atoms in total. The molecule has 2 heteroatoms. The Morgan fingerprint density at radius 2 is 2.33 bits per heavy atom. The van der Waals surface area contributed by atoms with E-state index in [1.165, 1.54) is 0 Å². The predicted octanol–water partition coefficient (Wildman–Crippen LogP) is 3.17. The molecule has 1 aromatic carbocycles. The van der Waals surface area contributed by atoms with Crippen LogP contribution < -0.4 is 0 Å². The third-order valence-corrected chi connectivity index (χ3v) is 2.04. The lowest BCUT2D eigenvalue weighted by Gasteiger charge is -2.04. The highest BCUT2D eigenvalue weighted by Crippen LogP contribution is 2.08. The van der Waals surface area contributed by atoms with Crippen molar-refractivity contribution in [1.29, 1.82) is 0 Å². The zero-order chi connectivity index (χ0) is 11.1. The van der Waals surface area contributed by atoms with Crippen molar-refractivity contribution < 1.29 is 9.53 Å². The Balaban J connectivity index is 2.50. The normalized spacial score (nSPS) is 9.67. The quantitative estimate of drug-likeness (QED) is 0.688. The van der Waals surface area contributed by atoms with Crippen LogP contribution in [-0.2, 0) is 16.1 Å². The fourth-order valence-electron chi connectivity index (χ4n) is 1.25. The number of ether oxygens (including phenoxy) is 1. The lowest BCUT2D eigenvalue weighted by Crippen LogP contribution is -2.03. The number of carbonyl (C=O) groups is 1. The van der Waals surface area contributed by atoms with Crippen molar-refractivity contribution in [3.63, 3.8) is 0 Å². The van der Waals surface area contributed by atoms with Crippen molar-refractivity contribution in [3.05, 3.63) is 42.0 Å². The van der Waals surface area contributed by atoms with E-state index in [0.29, 0.717) is 13.0 Å². The average molecular weight is 204 g/mol. The van der Waals surface area contributed by atoms with Gasteiger partial charge in [-0.15, -0.1) is 0 Å². The fraction of sp³-hybridized carbons (Fsp3) is 0.308. The predicted molar refractivity (Wildman–Crippen MR) is 61.2 cm³/mol. The van der Waals surface area contributed by atoms with Gasteiger partial charge in [-0.3, -0.25) is 4.79 Å². The van der Waals surface area contributed by atoms with Gasteiger partial charge in [-0.05, 0) is 23.6 Å². The molecule has 0 saturated carbocycles. The molecular formula is C13H16O2. The van der Waals surface area contributed by atoms with Gasteiger partial charge in [0, 0.05) is 6.42 Å². The van der Waals surface area contributed by atoms with Gasteiger partial charge in [-0.1, -0.05) is 37.8 Å². The molecule has 0 aliphatic carbocycles. The van der Waals surface area contributed by atoms with Crippen LogP contribution in [0.3, 0.4) is 0 Å². The van der Waals surface area contributed by atoms with Gasteiger partial charge in [-0.25, -0.2) is 0 Å². The molecule has 1 aromatic rings. The van der Waals surface area contributed by atoms with Crippen LogP contribution in [0.4, 0.5) is 0 Å². The van der Waals surface area contributed by atoms with E-state index in [4.69, 9.17) is 4.74 Å². The summed E-state index contributed by atoms with van der Waals surface area (Å²) in [5.41, 5.74) is 2.04. The van der Waals surface area contributed by atoms with E-state index in [1.54, 1.807) is 6.08 Å². The number of rotatable bonds is 5. The minimum atomic E-state index is -0.137. The van der Waals surface area contributed by atoms with E-state index in [-0.39, 0.29) is 5.97 Å². The average Bonchev–Trinajstić information content (AvgIpc) is 2.27. The lowest BCUT2D eigenvalue weighted by atomic mass is 10.1. The minimum absolute atomic E-state index is 0.137. The summed E-state index contributed by atoms with van der Waals surface area (Å²) < 4.78 is 5.09. The molecule has 0 aliphatic heterocycles. The summed E-state index contributed by atoms with van der Waals surface area (Å²) in [4.78, 5) is 11.1. The molecule has 0 spiro atoms. The maximum Gasteiger partial charge on any atom is 0.306 e. The standard InChI is InChI=1S/C13H16O2/c1-3-6-13(14)15-10-12-8-5-7-11(4-2)9-12/h4-5,7-9H,2-3,6,10H2,1H3. The Morgan fingerprint density at radius 3 is 3.00 bits per heavy atom. The molecule has 1 rings (SSSR count). The van der Waals surface area contributed by atoms with Crippen LogP contribution in [0.2, 0.25) is 0 Å². The summed E-state index contributed by atoms with van der Waals surface area (Å²) in [7, 11) is 0. The summed E-state index contributed by atoms with van der Waals surface area (Å²) in [5, 5.41) is 0. The molecule has 0 aromatic heterocycles. The van der Waals surface area contributed by atoms with Crippen molar-refractivity contribution in [2.24, 2.45) is 0 Å². The van der Waals surface area contributed by atoms with Crippen molar-refractivity contribution in [1.82, 2.24) is 0 Å². The number of hydrogen-bond acceptors (Lipinski definition) is 2. The van der Waals surface area contributed by atoms with Crippen LogP contribution in [-0.4, -0.2) is 5.97 Å². The smallest absolute Gasteiger partial charge is 0.306 e. The Hall–Kier alpha value is -1.57. The Bertz CT molecular complexity index is 342. The van der Waals surface area contributed by atoms with Crippen molar-refractivity contribution in [2.45, 2.75) is 26.4 Å². The molecule has 80 valence electrons. The van der Waals surface area contributed by atoms with Gasteiger partial charge < -0.3 is 4.74 Å². The molecular weight excluding hydrogens is 188 g/mol. The SMILES string of the molecule is C=Cc1cccc(COC(=O)CCC)c1. The number of carbonyl (C=O) groups excluding carboxylic acids is 1. The molecule has 0 bridgehead atoms. The summed E-state index contributed by atoms with van der Waals surface area (Å²) in [6, 6.07) is 7.79. The Morgan fingerprint density at radius 1 is 1.53 bits per heavy atom. The van der Waals surface area contributed by atoms with Crippen LogP contribution >= 0.6 is 0 Å². The van der Waals surface area contributed by atoms with Gasteiger partial charge in [0.2, 0.25) is 0 Å². The first-order chi connectivity index (χ1) is 7.26. The van der Waals surface area contributed by atoms with Crippen LogP contribution in [0.25, 0.3) is 6.08 Å². The molecule has 0 saturated heterocycles. The first-order valence-corrected chi connectivity index (χ1v) is 5.13. The van der Waals surface area contributed by atoms with E-state index >= 15 is 0 Å². The highest BCUT2D eigenvalue weighted by Gasteiger charge is 2.01. The molecule has 0 N–H and O–H groups in total. The van der Waals surface area contributed by atoms with Crippen LogP contribution in [0.15, 0.2) is 30.8 Å². The summed E-state index contributed by atoms with van der Waals surface area (Å²) in [6.07, 6.45) is 3.09. The zero-order valence-electron chi connectivity index (χ0n) is 9.03. The van der Waals surface area contributed by atoms with Gasteiger partial charge in [0.25, 0.3) is 0 Å². The van der Waals surface area contributed by atoms with E-state index in [2.05, 4.69) is 6.58 Å². The fourth-order valence-corrected chi connectivity index (χ4v) is 1.25. The minimum Gasteiger partial charge on any atom is -0.461 e. The van der Waals surface area contributed by atoms with E-state index < -0.39 is 0 Å². The number of benzene rings is 1. The topological polar surface area (TPSA) is 26.3 Å². The third kappa shape index (κ3) is 3.98. The summed E-state index contributed by atoms with van der Waals surface area (Å²) in [5.74, 6) is -0.137. The third-order valence-electron chi connectivity index (χ3n) is 2.04. The van der Waals surface area contributed by atoms with Crippen LogP contribution in [0, 0.1) is 0 Å². The van der Waals surface area contributed by atoms with Gasteiger partial charge in [0.05, 0.1) is 0 Å². The highest BCUT2D eigenvalue weighted by molar-refractivity contribution is 5.69. The van der Waals surface area contributed by atoms with E-state index in [9.17, 15) is 4.79 Å². The molecule has 0 amide bonds. The zero-order valence-corrected chi connectivity index (χ0v) is 9.03. The van der Waals surface area contributed by atoms with Gasteiger partial charge in [-0.2, -0.15) is 0 Å². The van der Waals surface area contributed by atoms with Gasteiger partial charge in [0.15, 0.2) is 0 Å². The monoisotopic (exact) mass is 204 g/mol. The number of hydrogen-bond donors (Lipinski definition) is 0. The molecule has 0 heterocycles. The highest BCUT2D eigenvalue weighted by atomic mass is 16.5. The number of esters is 1. The molecule has 0 aliphatic rings. The second-order valence-electron chi connectivity index (χ2n) is 3.36. The Kier molecular flexibility index (Phi) is 4.61. The van der Waals surface area contributed by atoms with Crippen LogP contribution in [0.1, 0.15) is 30.9 Å². The van der Waals surface area contributed by atoms with Gasteiger partial charge in [0.1, 0.15) is 6.61 Å². The largest absolute Gasteiger partial charge is 0.461 e. The first-order valence-electron chi connectivity index (χ1n) is 5.13.